The van der Waals surface area contributed by atoms with Crippen molar-refractivity contribution in [3.05, 3.63) is 36.5 Å². The summed E-state index contributed by atoms with van der Waals surface area (Å²) in [7, 11) is 0. The molecule has 1 aromatic carbocycles. The minimum Gasteiger partial charge on any atom is -0.391 e. The number of pyridine rings is 1. The molecule has 1 saturated heterocycles. The standard InChI is InChI=1S/C14H15N3O2/c18-11-6-8-17(9-11)14(19)16-12-5-1-3-10-4-2-7-15-13(10)12/h1-5,7,11,18H,6,8-9H2,(H,16,19)/t11-/m0/s1. The van der Waals surface area contributed by atoms with Crippen LogP contribution in [0.25, 0.3) is 10.9 Å². The highest BCUT2D eigenvalue weighted by atomic mass is 16.3. The molecule has 0 saturated carbocycles. The fraction of sp³-hybridized carbons (Fsp3) is 0.286. The summed E-state index contributed by atoms with van der Waals surface area (Å²) in [6.45, 7) is 0.981. The van der Waals surface area contributed by atoms with Crippen molar-refractivity contribution in [1.29, 1.82) is 0 Å². The number of para-hydroxylation sites is 1. The van der Waals surface area contributed by atoms with Gasteiger partial charge < -0.3 is 15.3 Å². The number of carbonyl (C=O) groups excluding carboxylic acids is 1. The fourth-order valence-corrected chi connectivity index (χ4v) is 2.33. The summed E-state index contributed by atoms with van der Waals surface area (Å²) < 4.78 is 0. The summed E-state index contributed by atoms with van der Waals surface area (Å²) in [5.41, 5.74) is 1.47. The average molecular weight is 257 g/mol. The lowest BCUT2D eigenvalue weighted by Gasteiger charge is -2.17. The third-order valence-electron chi connectivity index (χ3n) is 3.32. The summed E-state index contributed by atoms with van der Waals surface area (Å²) in [4.78, 5) is 18.0. The maximum Gasteiger partial charge on any atom is 0.321 e. The Hall–Kier alpha value is -2.14. The van der Waals surface area contributed by atoms with Crippen LogP contribution in [0.15, 0.2) is 36.5 Å². The molecule has 1 atom stereocenters. The summed E-state index contributed by atoms with van der Waals surface area (Å²) in [5, 5.41) is 13.3. The maximum atomic E-state index is 12.1. The van der Waals surface area contributed by atoms with Gasteiger partial charge in [-0.25, -0.2) is 4.79 Å². The second-order valence-electron chi connectivity index (χ2n) is 4.70. The van der Waals surface area contributed by atoms with Gasteiger partial charge in [-0.15, -0.1) is 0 Å². The Labute approximate surface area is 110 Å². The molecular weight excluding hydrogens is 242 g/mol. The lowest BCUT2D eigenvalue weighted by molar-refractivity contribution is 0.176. The van der Waals surface area contributed by atoms with E-state index < -0.39 is 6.10 Å². The van der Waals surface area contributed by atoms with Gasteiger partial charge in [0.05, 0.1) is 17.3 Å². The maximum absolute atomic E-state index is 12.1. The number of anilines is 1. The zero-order valence-electron chi connectivity index (χ0n) is 10.4. The summed E-state index contributed by atoms with van der Waals surface area (Å²) in [6.07, 6.45) is 1.94. The highest BCUT2D eigenvalue weighted by Crippen LogP contribution is 2.21. The Morgan fingerprint density at radius 3 is 3.00 bits per heavy atom. The summed E-state index contributed by atoms with van der Waals surface area (Å²) >= 11 is 0. The van der Waals surface area contributed by atoms with E-state index in [1.54, 1.807) is 11.1 Å². The lowest BCUT2D eigenvalue weighted by Crippen LogP contribution is -2.33. The number of nitrogens with zero attached hydrogens (tertiary/aromatic N) is 2. The molecule has 3 rings (SSSR count). The third kappa shape index (κ3) is 2.37. The van der Waals surface area contributed by atoms with Gasteiger partial charge in [0.15, 0.2) is 0 Å². The Morgan fingerprint density at radius 2 is 2.21 bits per heavy atom. The molecule has 2 aromatic rings. The van der Waals surface area contributed by atoms with Crippen LogP contribution in [0.3, 0.4) is 0 Å². The average Bonchev–Trinajstić information content (AvgIpc) is 2.86. The summed E-state index contributed by atoms with van der Waals surface area (Å²) in [6, 6.07) is 9.31. The highest BCUT2D eigenvalue weighted by molar-refractivity contribution is 5.99. The number of nitrogens with one attached hydrogen (secondary N) is 1. The molecule has 0 aliphatic carbocycles. The first-order chi connectivity index (χ1) is 9.24. The molecule has 1 fully saturated rings. The molecule has 1 aliphatic heterocycles. The van der Waals surface area contributed by atoms with E-state index in [-0.39, 0.29) is 6.03 Å². The number of hydrogen-bond donors (Lipinski definition) is 2. The van der Waals surface area contributed by atoms with Crippen LogP contribution in [0.5, 0.6) is 0 Å². The van der Waals surface area contributed by atoms with Crippen LogP contribution < -0.4 is 5.32 Å². The van der Waals surface area contributed by atoms with E-state index in [9.17, 15) is 9.90 Å². The van der Waals surface area contributed by atoms with Gasteiger partial charge in [-0.05, 0) is 18.6 Å². The van der Waals surface area contributed by atoms with E-state index in [0.717, 1.165) is 10.9 Å². The van der Waals surface area contributed by atoms with Crippen molar-refractivity contribution < 1.29 is 9.90 Å². The zero-order valence-corrected chi connectivity index (χ0v) is 10.4. The number of fused-ring (bicyclic) bond motifs is 1. The lowest BCUT2D eigenvalue weighted by atomic mass is 10.2. The van der Waals surface area contributed by atoms with Crippen LogP contribution in [0.4, 0.5) is 10.5 Å². The second kappa shape index (κ2) is 4.85. The van der Waals surface area contributed by atoms with Crippen molar-refractivity contribution in [2.45, 2.75) is 12.5 Å². The number of carbonyl (C=O) groups is 1. The van der Waals surface area contributed by atoms with Gasteiger partial charge in [0.1, 0.15) is 0 Å². The molecule has 0 bridgehead atoms. The van der Waals surface area contributed by atoms with E-state index in [4.69, 9.17) is 0 Å². The molecule has 98 valence electrons. The van der Waals surface area contributed by atoms with Crippen LogP contribution in [0.1, 0.15) is 6.42 Å². The number of aromatic nitrogens is 1. The van der Waals surface area contributed by atoms with Gasteiger partial charge in [-0.3, -0.25) is 4.98 Å². The van der Waals surface area contributed by atoms with Crippen LogP contribution in [-0.4, -0.2) is 40.2 Å². The molecule has 5 heteroatoms. The first-order valence-corrected chi connectivity index (χ1v) is 6.32. The molecule has 0 unspecified atom stereocenters. The predicted octanol–water partition coefficient (Wildman–Crippen LogP) is 1.83. The number of aliphatic hydroxyl groups is 1. The SMILES string of the molecule is O=C(Nc1cccc2cccnc12)N1CC[C@H](O)C1. The zero-order chi connectivity index (χ0) is 13.2. The molecular formula is C14H15N3O2. The molecule has 1 aliphatic rings. The first-order valence-electron chi connectivity index (χ1n) is 6.32. The molecule has 0 radical (unpaired) electrons. The van der Waals surface area contributed by atoms with Gasteiger partial charge in [0.2, 0.25) is 0 Å². The number of likely N-dealkylation sites (tertiary alicyclic amines) is 1. The Balaban J connectivity index is 1.83. The molecule has 2 N–H and O–H groups in total. The Morgan fingerprint density at radius 1 is 1.37 bits per heavy atom. The van der Waals surface area contributed by atoms with Crippen molar-refractivity contribution in [3.8, 4) is 0 Å². The predicted molar refractivity (Wildman–Crippen MR) is 73.0 cm³/mol. The Kier molecular flexibility index (Phi) is 3.05. The van der Waals surface area contributed by atoms with E-state index in [1.807, 2.05) is 30.3 Å². The topological polar surface area (TPSA) is 65.5 Å². The number of β-amino-alcohol motifs (C(OH)–C–C–N with tert-alkyl or cyclic N) is 1. The number of aliphatic hydroxyl groups excluding tert-OH is 1. The number of benzene rings is 1. The van der Waals surface area contributed by atoms with Crippen LogP contribution in [-0.2, 0) is 0 Å². The molecule has 5 nitrogen and oxygen atoms in total. The molecule has 0 spiro atoms. The van der Waals surface area contributed by atoms with Crippen molar-refractivity contribution in [1.82, 2.24) is 9.88 Å². The quantitative estimate of drug-likeness (QED) is 0.819. The smallest absolute Gasteiger partial charge is 0.321 e. The van der Waals surface area contributed by atoms with Gasteiger partial charge >= 0.3 is 6.03 Å². The number of amides is 2. The first kappa shape index (κ1) is 11.9. The van der Waals surface area contributed by atoms with E-state index >= 15 is 0 Å². The highest BCUT2D eigenvalue weighted by Gasteiger charge is 2.24. The molecule has 1 aromatic heterocycles. The monoisotopic (exact) mass is 257 g/mol. The van der Waals surface area contributed by atoms with Gasteiger partial charge in [0, 0.05) is 24.7 Å². The van der Waals surface area contributed by atoms with Gasteiger partial charge in [-0.2, -0.15) is 0 Å². The fourth-order valence-electron chi connectivity index (χ4n) is 2.33. The van der Waals surface area contributed by atoms with Crippen molar-refractivity contribution in [2.75, 3.05) is 18.4 Å². The number of rotatable bonds is 1. The van der Waals surface area contributed by atoms with Gasteiger partial charge in [-0.1, -0.05) is 18.2 Å². The van der Waals surface area contributed by atoms with Crippen LogP contribution >= 0.6 is 0 Å². The van der Waals surface area contributed by atoms with Crippen LogP contribution in [0, 0.1) is 0 Å². The largest absolute Gasteiger partial charge is 0.391 e. The summed E-state index contributed by atoms with van der Waals surface area (Å²) in [5.74, 6) is 0. The van der Waals surface area contributed by atoms with Crippen molar-refractivity contribution in [2.24, 2.45) is 0 Å². The van der Waals surface area contributed by atoms with Gasteiger partial charge in [0.25, 0.3) is 0 Å². The second-order valence-corrected chi connectivity index (χ2v) is 4.70. The molecule has 2 amide bonds. The molecule has 2 heterocycles. The molecule has 19 heavy (non-hydrogen) atoms. The Bertz CT molecular complexity index is 609. The minimum atomic E-state index is -0.406. The van der Waals surface area contributed by atoms with E-state index in [1.165, 1.54) is 0 Å². The van der Waals surface area contributed by atoms with Crippen molar-refractivity contribution >= 4 is 22.6 Å². The number of urea groups is 1. The van der Waals surface area contributed by atoms with Crippen molar-refractivity contribution in [3.63, 3.8) is 0 Å². The third-order valence-corrected chi connectivity index (χ3v) is 3.32. The van der Waals surface area contributed by atoms with E-state index in [2.05, 4.69) is 10.3 Å². The van der Waals surface area contributed by atoms with E-state index in [0.29, 0.717) is 25.2 Å². The normalized spacial score (nSPS) is 18.8. The minimum absolute atomic E-state index is 0.185. The van der Waals surface area contributed by atoms with Crippen LogP contribution in [0.2, 0.25) is 0 Å². The number of hydrogen-bond acceptors (Lipinski definition) is 3.